The quantitative estimate of drug-likeness (QED) is 0.356. The second kappa shape index (κ2) is 9.42. The monoisotopic (exact) mass is 246 g/mol. The second-order valence-electron chi connectivity index (χ2n) is 4.59. The predicted octanol–water partition coefficient (Wildman–Crippen LogP) is 2.75. The highest BCUT2D eigenvalue weighted by atomic mass is 16.7. The van der Waals surface area contributed by atoms with Crippen LogP contribution < -0.4 is 0 Å². The Hall–Kier alpha value is -0.610. The van der Waals surface area contributed by atoms with Gasteiger partial charge in [0.15, 0.2) is 12.4 Å². The van der Waals surface area contributed by atoms with Crippen LogP contribution in [-0.2, 0) is 19.0 Å². The van der Waals surface area contributed by atoms with Crippen LogP contribution in [-0.4, -0.2) is 31.6 Å². The fourth-order valence-electron chi connectivity index (χ4n) is 1.14. The zero-order valence-corrected chi connectivity index (χ0v) is 11.7. The molecule has 0 bridgehead atoms. The highest BCUT2D eigenvalue weighted by Crippen LogP contribution is 2.04. The molecule has 0 rings (SSSR count). The van der Waals surface area contributed by atoms with Gasteiger partial charge in [0.05, 0.1) is 6.61 Å². The largest absolute Gasteiger partial charge is 0.464 e. The molecule has 4 heteroatoms. The first-order valence-corrected chi connectivity index (χ1v) is 6.41. The molecule has 0 heterocycles. The van der Waals surface area contributed by atoms with Gasteiger partial charge >= 0.3 is 5.97 Å². The molecule has 0 aliphatic heterocycles. The summed E-state index contributed by atoms with van der Waals surface area (Å²) in [6.45, 7) is 10.7. The van der Waals surface area contributed by atoms with Gasteiger partial charge in [0, 0.05) is 6.61 Å². The lowest BCUT2D eigenvalue weighted by atomic mass is 10.2. The highest BCUT2D eigenvalue weighted by Gasteiger charge is 2.18. The molecule has 102 valence electrons. The van der Waals surface area contributed by atoms with Gasteiger partial charge in [0.25, 0.3) is 0 Å². The maximum absolute atomic E-state index is 11.5. The smallest absolute Gasteiger partial charge is 0.335 e. The van der Waals surface area contributed by atoms with Crippen LogP contribution in [0.2, 0.25) is 0 Å². The van der Waals surface area contributed by atoms with Crippen molar-refractivity contribution in [3.63, 3.8) is 0 Å². The summed E-state index contributed by atoms with van der Waals surface area (Å²) in [6.07, 6.45) is 1.13. The van der Waals surface area contributed by atoms with Gasteiger partial charge in [-0.2, -0.15) is 0 Å². The van der Waals surface area contributed by atoms with Crippen LogP contribution in [0.4, 0.5) is 0 Å². The van der Waals surface area contributed by atoms with Crippen LogP contribution >= 0.6 is 0 Å². The molecule has 0 saturated carbocycles. The van der Waals surface area contributed by atoms with Crippen LogP contribution in [0.1, 0.15) is 47.5 Å². The third-order valence-electron chi connectivity index (χ3n) is 2.14. The highest BCUT2D eigenvalue weighted by molar-refractivity contribution is 5.74. The summed E-state index contributed by atoms with van der Waals surface area (Å²) in [5, 5.41) is 0. The Morgan fingerprint density at radius 1 is 1.18 bits per heavy atom. The summed E-state index contributed by atoms with van der Waals surface area (Å²) in [5.74, 6) is 0.00835. The average Bonchev–Trinajstić information content (AvgIpc) is 2.26. The Balaban J connectivity index is 3.74. The van der Waals surface area contributed by atoms with Crippen molar-refractivity contribution in [1.82, 2.24) is 0 Å². The predicted molar refractivity (Wildman–Crippen MR) is 66.7 cm³/mol. The van der Waals surface area contributed by atoms with Crippen molar-refractivity contribution in [2.24, 2.45) is 5.92 Å². The Bertz CT molecular complexity index is 204. The minimum absolute atomic E-state index is 0.329. The normalized spacial score (nSPS) is 14.7. The lowest BCUT2D eigenvalue weighted by molar-refractivity contribution is -0.186. The van der Waals surface area contributed by atoms with E-state index in [1.807, 2.05) is 13.8 Å². The molecule has 0 amide bonds. The zero-order chi connectivity index (χ0) is 13.3. The third kappa shape index (κ3) is 9.12. The van der Waals surface area contributed by atoms with Gasteiger partial charge in [-0.25, -0.2) is 4.79 Å². The second-order valence-corrected chi connectivity index (χ2v) is 4.59. The number of carbonyl (C=O) groups is 1. The van der Waals surface area contributed by atoms with E-state index in [4.69, 9.17) is 14.2 Å². The number of unbranched alkanes of at least 4 members (excludes halogenated alkanes) is 1. The minimum atomic E-state index is -0.578. The van der Waals surface area contributed by atoms with Crippen LogP contribution in [0, 0.1) is 5.92 Å². The molecule has 0 saturated heterocycles. The van der Waals surface area contributed by atoms with Crippen molar-refractivity contribution in [2.45, 2.75) is 59.9 Å². The van der Waals surface area contributed by atoms with Gasteiger partial charge in [-0.15, -0.1) is 0 Å². The molecule has 0 spiro atoms. The van der Waals surface area contributed by atoms with E-state index in [2.05, 4.69) is 6.92 Å². The first kappa shape index (κ1) is 16.4. The van der Waals surface area contributed by atoms with Crippen molar-refractivity contribution >= 4 is 5.97 Å². The molecule has 0 aromatic heterocycles. The van der Waals surface area contributed by atoms with Crippen LogP contribution in [0.15, 0.2) is 0 Å². The molecule has 0 aliphatic rings. The van der Waals surface area contributed by atoms with E-state index < -0.39 is 6.10 Å². The lowest BCUT2D eigenvalue weighted by Crippen LogP contribution is -2.29. The van der Waals surface area contributed by atoms with E-state index in [1.54, 1.807) is 13.8 Å². The third-order valence-corrected chi connectivity index (χ3v) is 2.14. The van der Waals surface area contributed by atoms with Crippen molar-refractivity contribution in [3.05, 3.63) is 0 Å². The summed E-state index contributed by atoms with van der Waals surface area (Å²) in [5.41, 5.74) is 0. The average molecular weight is 246 g/mol. The van der Waals surface area contributed by atoms with E-state index in [1.165, 1.54) is 0 Å². The molecule has 0 N–H and O–H groups in total. The number of hydrogen-bond acceptors (Lipinski definition) is 4. The molecule has 2 atom stereocenters. The summed E-state index contributed by atoms with van der Waals surface area (Å²) in [6, 6.07) is 0. The van der Waals surface area contributed by atoms with Gasteiger partial charge in [-0.3, -0.25) is 0 Å². The molecule has 4 nitrogen and oxygen atoms in total. The maximum atomic E-state index is 11.5. The van der Waals surface area contributed by atoms with Gasteiger partial charge in [0.2, 0.25) is 0 Å². The molecular formula is C13H26O4. The van der Waals surface area contributed by atoms with Gasteiger partial charge in [-0.05, 0) is 26.2 Å². The van der Waals surface area contributed by atoms with Crippen LogP contribution in [0.3, 0.4) is 0 Å². The van der Waals surface area contributed by atoms with Crippen LogP contribution in [0.5, 0.6) is 0 Å². The summed E-state index contributed by atoms with van der Waals surface area (Å²) >= 11 is 0. The number of hydrogen-bond donors (Lipinski definition) is 0. The molecule has 0 radical (unpaired) electrons. The maximum Gasteiger partial charge on any atom is 0.335 e. The van der Waals surface area contributed by atoms with Crippen molar-refractivity contribution in [3.8, 4) is 0 Å². The number of ether oxygens (including phenoxy) is 3. The van der Waals surface area contributed by atoms with E-state index >= 15 is 0 Å². The van der Waals surface area contributed by atoms with Gasteiger partial charge < -0.3 is 14.2 Å². The van der Waals surface area contributed by atoms with E-state index in [0.29, 0.717) is 19.1 Å². The molecule has 1 unspecified atom stereocenters. The molecule has 0 aromatic rings. The van der Waals surface area contributed by atoms with Gasteiger partial charge in [0.1, 0.15) is 0 Å². The Labute approximate surface area is 105 Å². The van der Waals surface area contributed by atoms with E-state index in [-0.39, 0.29) is 12.3 Å². The Kier molecular flexibility index (Phi) is 9.09. The number of rotatable bonds is 9. The molecule has 0 fully saturated rings. The fourth-order valence-corrected chi connectivity index (χ4v) is 1.14. The summed E-state index contributed by atoms with van der Waals surface area (Å²) in [4.78, 5) is 11.5. The van der Waals surface area contributed by atoms with Gasteiger partial charge in [-0.1, -0.05) is 27.2 Å². The zero-order valence-electron chi connectivity index (χ0n) is 11.7. The minimum Gasteiger partial charge on any atom is -0.464 e. The number of carbonyl (C=O) groups excluding carboxylic acids is 1. The van der Waals surface area contributed by atoms with Crippen molar-refractivity contribution in [2.75, 3.05) is 13.2 Å². The lowest BCUT2D eigenvalue weighted by Gasteiger charge is -2.19. The Morgan fingerprint density at radius 3 is 2.35 bits per heavy atom. The molecule has 0 aliphatic carbocycles. The molecule has 0 aromatic carbocycles. The van der Waals surface area contributed by atoms with Crippen LogP contribution in [0.25, 0.3) is 0 Å². The van der Waals surface area contributed by atoms with Crippen molar-refractivity contribution < 1.29 is 19.0 Å². The summed E-state index contributed by atoms with van der Waals surface area (Å²) < 4.78 is 15.9. The van der Waals surface area contributed by atoms with E-state index in [9.17, 15) is 4.79 Å². The van der Waals surface area contributed by atoms with E-state index in [0.717, 1.165) is 12.8 Å². The summed E-state index contributed by atoms with van der Waals surface area (Å²) in [7, 11) is 0. The fraction of sp³-hybridized carbons (Fsp3) is 0.923. The SMILES string of the molecule is CCCCO[C@@H](C)OC(C)C(=O)OCC(C)C. The van der Waals surface area contributed by atoms with Crippen molar-refractivity contribution in [1.29, 1.82) is 0 Å². The molecule has 17 heavy (non-hydrogen) atoms. The topological polar surface area (TPSA) is 44.8 Å². The molecular weight excluding hydrogens is 220 g/mol. The number of esters is 1. The standard InChI is InChI=1S/C13H26O4/c1-6-7-8-15-12(5)17-11(4)13(14)16-9-10(2)3/h10-12H,6-9H2,1-5H3/t11?,12-/m1/s1. The Morgan fingerprint density at radius 2 is 1.82 bits per heavy atom. The first-order valence-electron chi connectivity index (χ1n) is 6.41. The first-order chi connectivity index (χ1) is 7.97.